The minimum Gasteiger partial charge on any atom is -0.357 e. The second-order valence-electron chi connectivity index (χ2n) is 4.80. The molecule has 0 saturated heterocycles. The minimum atomic E-state index is 0.569. The summed E-state index contributed by atoms with van der Waals surface area (Å²) in [5, 5.41) is 6.44. The summed E-state index contributed by atoms with van der Waals surface area (Å²) in [6.45, 7) is 8.48. The van der Waals surface area contributed by atoms with E-state index in [2.05, 4.69) is 64.1 Å². The third-order valence-electron chi connectivity index (χ3n) is 3.20. The first-order valence-corrected chi connectivity index (χ1v) is 7.09. The van der Waals surface area contributed by atoms with E-state index < -0.39 is 0 Å². The molecule has 0 spiro atoms. The van der Waals surface area contributed by atoms with Crippen LogP contribution >= 0.6 is 0 Å². The van der Waals surface area contributed by atoms with Crippen molar-refractivity contribution in [1.29, 1.82) is 0 Å². The van der Waals surface area contributed by atoms with Crippen molar-refractivity contribution in [3.8, 4) is 0 Å². The molecule has 0 aliphatic heterocycles. The Hall–Kier alpha value is -2.04. The van der Waals surface area contributed by atoms with E-state index in [1.807, 2.05) is 7.05 Å². The topological polar surface area (TPSA) is 54.2 Å². The van der Waals surface area contributed by atoms with Crippen molar-refractivity contribution in [2.45, 2.75) is 27.3 Å². The summed E-state index contributed by atoms with van der Waals surface area (Å²) in [5.41, 5.74) is 3.41. The molecule has 0 radical (unpaired) electrons. The lowest BCUT2D eigenvalue weighted by Gasteiger charge is -2.08. The second-order valence-corrected chi connectivity index (χ2v) is 4.80. The average Bonchev–Trinajstić information content (AvgIpc) is 2.72. The molecule has 20 heavy (non-hydrogen) atoms. The Morgan fingerprint density at radius 1 is 1.25 bits per heavy atom. The van der Waals surface area contributed by atoms with Crippen LogP contribution in [0.15, 0.2) is 23.2 Å². The van der Waals surface area contributed by atoms with Crippen LogP contribution in [0.4, 0.5) is 0 Å². The van der Waals surface area contributed by atoms with Crippen LogP contribution in [0.2, 0.25) is 0 Å². The lowest BCUT2D eigenvalue weighted by Crippen LogP contribution is -2.37. The van der Waals surface area contributed by atoms with Crippen molar-refractivity contribution in [1.82, 2.24) is 20.2 Å². The van der Waals surface area contributed by atoms with Crippen molar-refractivity contribution in [3.63, 3.8) is 0 Å². The summed E-state index contributed by atoms with van der Waals surface area (Å²) < 4.78 is 2.10. The Labute approximate surface area is 120 Å². The van der Waals surface area contributed by atoms with Crippen molar-refractivity contribution < 1.29 is 0 Å². The fraction of sp³-hybridized carbons (Fsp3) is 0.467. The molecule has 1 heterocycles. The SMILES string of the molecule is CCNC(=NCc1nc2cc(C)ccc2n1C)NCC. The number of aryl methyl sites for hydroxylation is 2. The number of nitrogens with zero attached hydrogens (tertiary/aromatic N) is 3. The molecule has 2 aromatic rings. The Morgan fingerprint density at radius 2 is 1.95 bits per heavy atom. The van der Waals surface area contributed by atoms with Gasteiger partial charge < -0.3 is 15.2 Å². The van der Waals surface area contributed by atoms with Crippen LogP contribution in [0.3, 0.4) is 0 Å². The number of aromatic nitrogens is 2. The molecular formula is C15H23N5. The predicted octanol–water partition coefficient (Wildman–Crippen LogP) is 1.96. The third kappa shape index (κ3) is 3.10. The van der Waals surface area contributed by atoms with Crippen LogP contribution in [0, 0.1) is 6.92 Å². The van der Waals surface area contributed by atoms with Gasteiger partial charge in [-0.05, 0) is 38.5 Å². The normalized spacial score (nSPS) is 10.6. The van der Waals surface area contributed by atoms with E-state index in [1.165, 1.54) is 5.56 Å². The van der Waals surface area contributed by atoms with Gasteiger partial charge in [0, 0.05) is 20.1 Å². The molecule has 1 aromatic heterocycles. The van der Waals surface area contributed by atoms with Crippen LogP contribution in [-0.4, -0.2) is 28.6 Å². The van der Waals surface area contributed by atoms with Gasteiger partial charge in [0.05, 0.1) is 11.0 Å². The van der Waals surface area contributed by atoms with E-state index >= 15 is 0 Å². The number of hydrogen-bond donors (Lipinski definition) is 2. The largest absolute Gasteiger partial charge is 0.357 e. The van der Waals surface area contributed by atoms with E-state index in [9.17, 15) is 0 Å². The molecule has 0 fully saturated rings. The van der Waals surface area contributed by atoms with E-state index in [1.54, 1.807) is 0 Å². The summed E-state index contributed by atoms with van der Waals surface area (Å²) in [7, 11) is 2.04. The molecule has 0 aliphatic carbocycles. The maximum atomic E-state index is 4.67. The Balaban J connectivity index is 2.24. The number of rotatable bonds is 4. The van der Waals surface area contributed by atoms with Gasteiger partial charge in [-0.2, -0.15) is 0 Å². The highest BCUT2D eigenvalue weighted by Gasteiger charge is 2.07. The van der Waals surface area contributed by atoms with Gasteiger partial charge in [-0.3, -0.25) is 0 Å². The summed E-state index contributed by atoms with van der Waals surface area (Å²) >= 11 is 0. The first-order valence-electron chi connectivity index (χ1n) is 7.09. The van der Waals surface area contributed by atoms with Gasteiger partial charge in [0.15, 0.2) is 5.96 Å². The lowest BCUT2D eigenvalue weighted by molar-refractivity contribution is 0.787. The summed E-state index contributed by atoms with van der Waals surface area (Å²) in [6.07, 6.45) is 0. The monoisotopic (exact) mass is 273 g/mol. The van der Waals surface area contributed by atoms with Crippen molar-refractivity contribution in [3.05, 3.63) is 29.6 Å². The standard InChI is InChI=1S/C15H23N5/c1-5-16-15(17-6-2)18-10-14-19-12-9-11(3)7-8-13(12)20(14)4/h7-9H,5-6,10H2,1-4H3,(H2,16,17,18). The van der Waals surface area contributed by atoms with Crippen molar-refractivity contribution >= 4 is 17.0 Å². The van der Waals surface area contributed by atoms with Gasteiger partial charge in [-0.1, -0.05) is 6.07 Å². The average molecular weight is 273 g/mol. The molecule has 2 N–H and O–H groups in total. The first-order chi connectivity index (χ1) is 9.65. The van der Waals surface area contributed by atoms with E-state index in [-0.39, 0.29) is 0 Å². The maximum Gasteiger partial charge on any atom is 0.191 e. The molecule has 1 aromatic carbocycles. The molecule has 108 valence electrons. The summed E-state index contributed by atoms with van der Waals surface area (Å²) in [4.78, 5) is 9.23. The molecule has 0 saturated carbocycles. The molecule has 0 amide bonds. The fourth-order valence-corrected chi connectivity index (χ4v) is 2.16. The van der Waals surface area contributed by atoms with Gasteiger partial charge in [-0.15, -0.1) is 0 Å². The second kappa shape index (κ2) is 6.41. The number of guanidine groups is 1. The molecule has 0 aliphatic rings. The zero-order chi connectivity index (χ0) is 14.5. The molecule has 2 rings (SSSR count). The molecular weight excluding hydrogens is 250 g/mol. The predicted molar refractivity (Wildman–Crippen MR) is 83.9 cm³/mol. The zero-order valence-electron chi connectivity index (χ0n) is 12.7. The number of hydrogen-bond acceptors (Lipinski definition) is 2. The fourth-order valence-electron chi connectivity index (χ4n) is 2.16. The Kier molecular flexibility index (Phi) is 4.61. The van der Waals surface area contributed by atoms with Crippen molar-refractivity contribution in [2.75, 3.05) is 13.1 Å². The van der Waals surface area contributed by atoms with Crippen LogP contribution in [0.5, 0.6) is 0 Å². The minimum absolute atomic E-state index is 0.569. The van der Waals surface area contributed by atoms with Gasteiger partial charge in [0.25, 0.3) is 0 Å². The van der Waals surface area contributed by atoms with Crippen molar-refractivity contribution in [2.24, 2.45) is 12.0 Å². The highest BCUT2D eigenvalue weighted by molar-refractivity contribution is 5.80. The van der Waals surface area contributed by atoms with E-state index in [0.717, 1.165) is 35.9 Å². The highest BCUT2D eigenvalue weighted by atomic mass is 15.2. The highest BCUT2D eigenvalue weighted by Crippen LogP contribution is 2.16. The number of aliphatic imine (C=N–C) groups is 1. The number of nitrogens with one attached hydrogen (secondary N) is 2. The molecule has 0 unspecified atom stereocenters. The van der Waals surface area contributed by atoms with Gasteiger partial charge in [0.1, 0.15) is 12.4 Å². The number of imidazole rings is 1. The quantitative estimate of drug-likeness (QED) is 0.661. The smallest absolute Gasteiger partial charge is 0.191 e. The number of fused-ring (bicyclic) bond motifs is 1. The summed E-state index contributed by atoms with van der Waals surface area (Å²) in [6, 6.07) is 6.33. The Bertz CT molecular complexity index is 604. The van der Waals surface area contributed by atoms with Crippen LogP contribution in [0.1, 0.15) is 25.2 Å². The van der Waals surface area contributed by atoms with Crippen LogP contribution in [0.25, 0.3) is 11.0 Å². The first kappa shape index (κ1) is 14.4. The molecule has 5 heteroatoms. The lowest BCUT2D eigenvalue weighted by atomic mass is 10.2. The Morgan fingerprint density at radius 3 is 2.60 bits per heavy atom. The van der Waals surface area contributed by atoms with E-state index in [4.69, 9.17) is 0 Å². The summed E-state index contributed by atoms with van der Waals surface area (Å²) in [5.74, 6) is 1.80. The van der Waals surface area contributed by atoms with E-state index in [0.29, 0.717) is 6.54 Å². The zero-order valence-corrected chi connectivity index (χ0v) is 12.7. The van der Waals surface area contributed by atoms with Gasteiger partial charge >= 0.3 is 0 Å². The number of benzene rings is 1. The molecule has 0 bridgehead atoms. The van der Waals surface area contributed by atoms with Crippen LogP contribution < -0.4 is 10.6 Å². The molecule has 5 nitrogen and oxygen atoms in total. The maximum absolute atomic E-state index is 4.67. The molecule has 0 atom stereocenters. The third-order valence-corrected chi connectivity index (χ3v) is 3.20. The van der Waals surface area contributed by atoms with Crippen LogP contribution in [-0.2, 0) is 13.6 Å². The van der Waals surface area contributed by atoms with Gasteiger partial charge in [-0.25, -0.2) is 9.98 Å². The van der Waals surface area contributed by atoms with Gasteiger partial charge in [0.2, 0.25) is 0 Å².